The Hall–Kier alpha value is -2.72. The van der Waals surface area contributed by atoms with Gasteiger partial charge in [-0.2, -0.15) is 19.6 Å². The molecular weight excluding hydrogens is 422 g/mol. The van der Waals surface area contributed by atoms with Gasteiger partial charge in [0.1, 0.15) is 5.82 Å². The van der Waals surface area contributed by atoms with Crippen LogP contribution in [0.1, 0.15) is 12.2 Å². The summed E-state index contributed by atoms with van der Waals surface area (Å²) in [4.78, 5) is 19.8. The first-order valence-electron chi connectivity index (χ1n) is 9.33. The number of imidazole rings is 1. The summed E-state index contributed by atoms with van der Waals surface area (Å²) in [5.41, 5.74) is 2.73. The van der Waals surface area contributed by atoms with Crippen LogP contribution in [0.3, 0.4) is 0 Å². The number of anilines is 2. The molecule has 2 aliphatic rings. The van der Waals surface area contributed by atoms with E-state index in [1.54, 1.807) is 10.7 Å². The van der Waals surface area contributed by atoms with Gasteiger partial charge in [0, 0.05) is 25.2 Å². The van der Waals surface area contributed by atoms with Crippen molar-refractivity contribution < 1.29 is 0 Å². The lowest BCUT2D eigenvalue weighted by molar-refractivity contribution is 0.571. The number of hydrogen-bond donors (Lipinski definition) is 3. The summed E-state index contributed by atoms with van der Waals surface area (Å²) >= 11 is 3.55. The smallest absolute Gasteiger partial charge is 0.231 e. The Labute approximate surface area is 168 Å². The highest BCUT2D eigenvalue weighted by Crippen LogP contribution is 2.29. The second-order valence-corrected chi connectivity index (χ2v) is 8.13. The third-order valence-corrected chi connectivity index (χ3v) is 6.04. The first kappa shape index (κ1) is 16.3. The molecule has 5 heterocycles. The molecule has 6 rings (SSSR count). The van der Waals surface area contributed by atoms with Crippen LogP contribution >= 0.6 is 15.9 Å². The van der Waals surface area contributed by atoms with E-state index in [0.29, 0.717) is 24.6 Å². The van der Waals surface area contributed by atoms with Crippen LogP contribution in [0, 0.1) is 0 Å². The molecule has 0 saturated carbocycles. The second-order valence-electron chi connectivity index (χ2n) is 7.28. The fourth-order valence-electron chi connectivity index (χ4n) is 4.14. The third kappa shape index (κ3) is 2.55. The molecule has 2 fully saturated rings. The highest BCUT2D eigenvalue weighted by molar-refractivity contribution is 9.10. The SMILES string of the molecule is Brc1cnn2c(NCc3nc4ccccc4[nH]3)nc(N3C[C@@H]4C[C@H]3CN4)nc12. The lowest BCUT2D eigenvalue weighted by Crippen LogP contribution is -2.44. The summed E-state index contributed by atoms with van der Waals surface area (Å²) < 4.78 is 2.58. The van der Waals surface area contributed by atoms with E-state index in [2.05, 4.69) is 46.5 Å². The summed E-state index contributed by atoms with van der Waals surface area (Å²) in [6, 6.07) is 8.99. The highest BCUT2D eigenvalue weighted by Gasteiger charge is 2.39. The van der Waals surface area contributed by atoms with Gasteiger partial charge < -0.3 is 20.5 Å². The number of halogens is 1. The van der Waals surface area contributed by atoms with Crippen molar-refractivity contribution in [1.29, 1.82) is 0 Å². The Kier molecular flexibility index (Phi) is 3.57. The van der Waals surface area contributed by atoms with Gasteiger partial charge in [0.2, 0.25) is 11.9 Å². The number of aromatic amines is 1. The fourth-order valence-corrected chi connectivity index (χ4v) is 4.49. The van der Waals surface area contributed by atoms with Crippen LogP contribution in [0.15, 0.2) is 34.9 Å². The zero-order chi connectivity index (χ0) is 18.7. The molecule has 2 atom stereocenters. The Morgan fingerprint density at radius 3 is 2.96 bits per heavy atom. The first-order valence-corrected chi connectivity index (χ1v) is 10.1. The predicted octanol–water partition coefficient (Wildman–Crippen LogP) is 1.93. The van der Waals surface area contributed by atoms with Crippen LogP contribution < -0.4 is 15.5 Å². The largest absolute Gasteiger partial charge is 0.347 e. The summed E-state index contributed by atoms with van der Waals surface area (Å²) in [7, 11) is 0. The molecule has 2 saturated heterocycles. The summed E-state index contributed by atoms with van der Waals surface area (Å²) in [6.07, 6.45) is 2.90. The maximum Gasteiger partial charge on any atom is 0.231 e. The van der Waals surface area contributed by atoms with Crippen molar-refractivity contribution in [1.82, 2.24) is 34.9 Å². The number of benzene rings is 1. The van der Waals surface area contributed by atoms with Crippen LogP contribution in [0.25, 0.3) is 16.7 Å². The maximum absolute atomic E-state index is 4.80. The van der Waals surface area contributed by atoms with Crippen molar-refractivity contribution in [2.75, 3.05) is 23.3 Å². The first-order chi connectivity index (χ1) is 13.7. The number of fused-ring (bicyclic) bond motifs is 4. The average molecular weight is 440 g/mol. The summed E-state index contributed by atoms with van der Waals surface area (Å²) in [5.74, 6) is 2.25. The van der Waals surface area contributed by atoms with E-state index in [1.165, 1.54) is 0 Å². The van der Waals surface area contributed by atoms with E-state index in [9.17, 15) is 0 Å². The number of hydrogen-bond acceptors (Lipinski definition) is 7. The van der Waals surface area contributed by atoms with Crippen molar-refractivity contribution in [3.05, 3.63) is 40.8 Å². The lowest BCUT2D eigenvalue weighted by Gasteiger charge is -2.27. The molecule has 3 N–H and O–H groups in total. The van der Waals surface area contributed by atoms with Crippen LogP contribution in [0.5, 0.6) is 0 Å². The molecule has 4 aromatic rings. The van der Waals surface area contributed by atoms with Gasteiger partial charge in [0.05, 0.1) is 28.2 Å². The Morgan fingerprint density at radius 1 is 1.21 bits per heavy atom. The molecule has 9 nitrogen and oxygen atoms in total. The number of aromatic nitrogens is 6. The van der Waals surface area contributed by atoms with Crippen LogP contribution in [0.2, 0.25) is 0 Å². The van der Waals surface area contributed by atoms with Crippen LogP contribution in [0.4, 0.5) is 11.9 Å². The molecule has 0 radical (unpaired) electrons. The minimum absolute atomic E-state index is 0.456. The molecular formula is C18H18BrN9. The summed E-state index contributed by atoms with van der Waals surface area (Å²) in [5, 5.41) is 11.3. The Bertz CT molecular complexity index is 1150. The number of rotatable bonds is 4. The fraction of sp³-hybridized carbons (Fsp3) is 0.333. The molecule has 1 aromatic carbocycles. The standard InChI is InChI=1S/C18H18BrN9/c19-12-7-22-28-16(12)25-18(27-9-10-5-11(27)6-20-10)26-17(28)21-8-15-23-13-3-1-2-4-14(13)24-15/h1-4,7,10-11,20H,5-6,8-9H2,(H,23,24)(H,21,25,26)/t10-,11-/m0/s1. The minimum Gasteiger partial charge on any atom is -0.347 e. The normalized spacial score (nSPS) is 21.2. The molecule has 28 heavy (non-hydrogen) atoms. The van der Waals surface area contributed by atoms with Crippen LogP contribution in [-0.4, -0.2) is 54.7 Å². The Balaban J connectivity index is 1.34. The molecule has 0 aliphatic carbocycles. The monoisotopic (exact) mass is 439 g/mol. The van der Waals surface area contributed by atoms with E-state index in [1.807, 2.05) is 24.3 Å². The van der Waals surface area contributed by atoms with Gasteiger partial charge in [0.15, 0.2) is 5.65 Å². The molecule has 3 aromatic heterocycles. The molecule has 2 bridgehead atoms. The van der Waals surface area contributed by atoms with Gasteiger partial charge in [-0.15, -0.1) is 0 Å². The molecule has 2 aliphatic heterocycles. The third-order valence-electron chi connectivity index (χ3n) is 5.48. The van der Waals surface area contributed by atoms with Crippen molar-refractivity contribution in [3.8, 4) is 0 Å². The highest BCUT2D eigenvalue weighted by atomic mass is 79.9. The van der Waals surface area contributed by atoms with Crippen LogP contribution in [-0.2, 0) is 6.54 Å². The molecule has 0 unspecified atom stereocenters. The van der Waals surface area contributed by atoms with E-state index in [0.717, 1.165) is 52.4 Å². The van der Waals surface area contributed by atoms with Gasteiger partial charge in [-0.3, -0.25) is 0 Å². The zero-order valence-corrected chi connectivity index (χ0v) is 16.5. The van der Waals surface area contributed by atoms with E-state index < -0.39 is 0 Å². The maximum atomic E-state index is 4.80. The minimum atomic E-state index is 0.456. The van der Waals surface area contributed by atoms with Crippen molar-refractivity contribution in [2.24, 2.45) is 0 Å². The molecule has 0 amide bonds. The van der Waals surface area contributed by atoms with Crippen molar-refractivity contribution in [2.45, 2.75) is 25.0 Å². The van der Waals surface area contributed by atoms with Gasteiger partial charge in [-0.25, -0.2) is 4.98 Å². The molecule has 142 valence electrons. The predicted molar refractivity (Wildman–Crippen MR) is 109 cm³/mol. The van der Waals surface area contributed by atoms with Gasteiger partial charge in [-0.1, -0.05) is 12.1 Å². The topological polar surface area (TPSA) is 99.1 Å². The number of nitrogens with one attached hydrogen (secondary N) is 3. The lowest BCUT2D eigenvalue weighted by atomic mass is 10.2. The average Bonchev–Trinajstić information content (AvgIpc) is 3.49. The van der Waals surface area contributed by atoms with E-state index >= 15 is 0 Å². The number of nitrogens with zero attached hydrogens (tertiary/aromatic N) is 6. The molecule has 0 spiro atoms. The second kappa shape index (κ2) is 6.14. The van der Waals surface area contributed by atoms with Gasteiger partial charge >= 0.3 is 0 Å². The van der Waals surface area contributed by atoms with Crippen molar-refractivity contribution >= 4 is 44.5 Å². The Morgan fingerprint density at radius 2 is 2.14 bits per heavy atom. The quantitative estimate of drug-likeness (QED) is 0.446. The van der Waals surface area contributed by atoms with Gasteiger partial charge in [-0.05, 0) is 34.5 Å². The zero-order valence-electron chi connectivity index (χ0n) is 14.9. The van der Waals surface area contributed by atoms with E-state index in [4.69, 9.17) is 9.97 Å². The van der Waals surface area contributed by atoms with Gasteiger partial charge in [0.25, 0.3) is 0 Å². The van der Waals surface area contributed by atoms with Crippen molar-refractivity contribution in [3.63, 3.8) is 0 Å². The summed E-state index contributed by atoms with van der Waals surface area (Å²) in [6.45, 7) is 2.45. The number of H-pyrrole nitrogens is 1. The number of para-hydroxylation sites is 2. The van der Waals surface area contributed by atoms with E-state index in [-0.39, 0.29) is 0 Å². The number of piperazine rings is 1. The molecule has 10 heteroatoms.